The van der Waals surface area contributed by atoms with Crippen molar-refractivity contribution in [3.8, 4) is 6.07 Å². The average Bonchev–Trinajstić information content (AvgIpc) is 2.20. The summed E-state index contributed by atoms with van der Waals surface area (Å²) < 4.78 is 36.5. The van der Waals surface area contributed by atoms with Gasteiger partial charge in [0.2, 0.25) is 0 Å². The number of nitrogens with one attached hydrogen (secondary N) is 1. The fraction of sp³-hybridized carbons (Fsp3) is 0.909. The highest BCUT2D eigenvalue weighted by molar-refractivity contribution is 5.12. The monoisotopic (exact) mass is 234 g/mol. The van der Waals surface area contributed by atoms with Crippen molar-refractivity contribution in [1.29, 1.82) is 5.26 Å². The third-order valence-corrected chi connectivity index (χ3v) is 3.67. The number of alkyl halides is 3. The van der Waals surface area contributed by atoms with E-state index in [0.717, 1.165) is 12.8 Å². The summed E-state index contributed by atoms with van der Waals surface area (Å²) in [6.07, 6.45) is -1.96. The van der Waals surface area contributed by atoms with E-state index in [1.54, 1.807) is 0 Å². The van der Waals surface area contributed by atoms with Crippen LogP contribution in [0.25, 0.3) is 0 Å². The minimum atomic E-state index is -4.26. The average molecular weight is 234 g/mol. The highest BCUT2D eigenvalue weighted by Gasteiger charge is 2.43. The lowest BCUT2D eigenvalue weighted by atomic mass is 9.69. The number of hydrogen-bond donors (Lipinski definition) is 1. The van der Waals surface area contributed by atoms with Gasteiger partial charge in [0.25, 0.3) is 0 Å². The number of nitrogens with zero attached hydrogens (tertiary/aromatic N) is 1. The Morgan fingerprint density at radius 3 is 2.56 bits per heavy atom. The number of rotatable bonds is 2. The van der Waals surface area contributed by atoms with E-state index >= 15 is 0 Å². The van der Waals surface area contributed by atoms with Gasteiger partial charge in [-0.05, 0) is 18.3 Å². The molecular formula is C11H17F3N2. The Bertz CT molecular complexity index is 282. The Balaban J connectivity index is 2.73. The Labute approximate surface area is 93.8 Å². The van der Waals surface area contributed by atoms with Crippen LogP contribution in [0.5, 0.6) is 0 Å². The summed E-state index contributed by atoms with van der Waals surface area (Å²) in [5.41, 5.74) is -1.01. The van der Waals surface area contributed by atoms with Gasteiger partial charge in [-0.2, -0.15) is 18.4 Å². The van der Waals surface area contributed by atoms with Crippen molar-refractivity contribution in [3.63, 3.8) is 0 Å². The standard InChI is InChI=1S/C11H17F3N2/c1-8-4-3-5-10(6-15,9(8)2)16-7-11(12,13)14/h8-9,16H,3-5,7H2,1-2H3. The molecule has 0 radical (unpaired) electrons. The molecule has 0 bridgehead atoms. The van der Waals surface area contributed by atoms with Crippen molar-refractivity contribution in [3.05, 3.63) is 0 Å². The maximum Gasteiger partial charge on any atom is 0.401 e. The van der Waals surface area contributed by atoms with Gasteiger partial charge in [0.05, 0.1) is 12.6 Å². The smallest absolute Gasteiger partial charge is 0.291 e. The molecular weight excluding hydrogens is 217 g/mol. The summed E-state index contributed by atoms with van der Waals surface area (Å²) in [6, 6.07) is 2.06. The molecule has 92 valence electrons. The van der Waals surface area contributed by atoms with Crippen LogP contribution in [0.15, 0.2) is 0 Å². The van der Waals surface area contributed by atoms with Crippen LogP contribution >= 0.6 is 0 Å². The highest BCUT2D eigenvalue weighted by Crippen LogP contribution is 2.37. The van der Waals surface area contributed by atoms with Gasteiger partial charge in [-0.3, -0.25) is 5.32 Å². The molecule has 0 aliphatic heterocycles. The Morgan fingerprint density at radius 1 is 1.44 bits per heavy atom. The maximum atomic E-state index is 12.2. The topological polar surface area (TPSA) is 35.8 Å². The van der Waals surface area contributed by atoms with Crippen LogP contribution in [0, 0.1) is 23.2 Å². The number of hydrogen-bond acceptors (Lipinski definition) is 2. The molecule has 0 aromatic heterocycles. The fourth-order valence-electron chi connectivity index (χ4n) is 2.37. The van der Waals surface area contributed by atoms with Crippen LogP contribution in [0.3, 0.4) is 0 Å². The maximum absolute atomic E-state index is 12.2. The van der Waals surface area contributed by atoms with Gasteiger partial charge < -0.3 is 0 Å². The summed E-state index contributed by atoms with van der Waals surface area (Å²) in [5, 5.41) is 11.6. The molecule has 0 aromatic carbocycles. The molecule has 3 unspecified atom stereocenters. The lowest BCUT2D eigenvalue weighted by Crippen LogP contribution is -2.55. The van der Waals surface area contributed by atoms with Gasteiger partial charge in [0, 0.05) is 0 Å². The third-order valence-electron chi connectivity index (χ3n) is 3.67. The summed E-state index contributed by atoms with van der Waals surface area (Å²) in [7, 11) is 0. The van der Waals surface area contributed by atoms with E-state index in [1.165, 1.54) is 0 Å². The number of nitriles is 1. The first-order valence-corrected chi connectivity index (χ1v) is 5.54. The third kappa shape index (κ3) is 2.88. The Morgan fingerprint density at radius 2 is 2.06 bits per heavy atom. The van der Waals surface area contributed by atoms with E-state index in [9.17, 15) is 13.2 Å². The van der Waals surface area contributed by atoms with Crippen LogP contribution in [0.4, 0.5) is 13.2 Å². The Hall–Kier alpha value is -0.760. The normalized spacial score (nSPS) is 35.8. The molecule has 16 heavy (non-hydrogen) atoms. The van der Waals surface area contributed by atoms with Gasteiger partial charge in [-0.25, -0.2) is 0 Å². The molecule has 1 fully saturated rings. The molecule has 0 amide bonds. The van der Waals surface area contributed by atoms with Crippen molar-refractivity contribution in [1.82, 2.24) is 5.32 Å². The van der Waals surface area contributed by atoms with Crippen molar-refractivity contribution in [2.75, 3.05) is 6.54 Å². The summed E-state index contributed by atoms with van der Waals surface area (Å²) in [6.45, 7) is 2.76. The molecule has 0 heterocycles. The van der Waals surface area contributed by atoms with Gasteiger partial charge in [0.15, 0.2) is 0 Å². The molecule has 0 aromatic rings. The van der Waals surface area contributed by atoms with E-state index in [2.05, 4.69) is 11.4 Å². The lowest BCUT2D eigenvalue weighted by Gasteiger charge is -2.41. The van der Waals surface area contributed by atoms with Crippen LogP contribution in [-0.4, -0.2) is 18.3 Å². The second kappa shape index (κ2) is 4.62. The van der Waals surface area contributed by atoms with E-state index in [0.29, 0.717) is 6.42 Å². The second-order valence-corrected chi connectivity index (χ2v) is 4.71. The molecule has 5 heteroatoms. The molecule has 1 aliphatic carbocycles. The zero-order valence-corrected chi connectivity index (χ0v) is 9.56. The molecule has 0 saturated heterocycles. The molecule has 1 rings (SSSR count). The first kappa shape index (κ1) is 13.3. The predicted octanol–water partition coefficient (Wildman–Crippen LogP) is 2.86. The lowest BCUT2D eigenvalue weighted by molar-refractivity contribution is -0.129. The Kier molecular flexibility index (Phi) is 3.84. The van der Waals surface area contributed by atoms with E-state index in [-0.39, 0.29) is 11.8 Å². The fourth-order valence-corrected chi connectivity index (χ4v) is 2.37. The van der Waals surface area contributed by atoms with Crippen LogP contribution in [0.1, 0.15) is 33.1 Å². The van der Waals surface area contributed by atoms with E-state index in [4.69, 9.17) is 5.26 Å². The molecule has 1 N–H and O–H groups in total. The van der Waals surface area contributed by atoms with Crippen LogP contribution in [0.2, 0.25) is 0 Å². The van der Waals surface area contributed by atoms with Crippen molar-refractivity contribution in [2.24, 2.45) is 11.8 Å². The summed E-state index contributed by atoms with van der Waals surface area (Å²) in [5.74, 6) is 0.239. The first-order chi connectivity index (χ1) is 7.31. The summed E-state index contributed by atoms with van der Waals surface area (Å²) >= 11 is 0. The van der Waals surface area contributed by atoms with Crippen molar-refractivity contribution >= 4 is 0 Å². The van der Waals surface area contributed by atoms with Crippen LogP contribution < -0.4 is 5.32 Å². The molecule has 1 aliphatic rings. The first-order valence-electron chi connectivity index (χ1n) is 5.54. The van der Waals surface area contributed by atoms with Crippen LogP contribution in [-0.2, 0) is 0 Å². The molecule has 2 nitrogen and oxygen atoms in total. The summed E-state index contributed by atoms with van der Waals surface area (Å²) in [4.78, 5) is 0. The minimum Gasteiger partial charge on any atom is -0.291 e. The van der Waals surface area contributed by atoms with Crippen molar-refractivity contribution < 1.29 is 13.2 Å². The van der Waals surface area contributed by atoms with Crippen molar-refractivity contribution in [2.45, 2.75) is 44.8 Å². The molecule has 3 atom stereocenters. The minimum absolute atomic E-state index is 0.0476. The second-order valence-electron chi connectivity index (χ2n) is 4.71. The zero-order valence-electron chi connectivity index (χ0n) is 9.56. The number of halogens is 3. The SMILES string of the molecule is CC1CCCC(C#N)(NCC(F)(F)F)C1C. The van der Waals surface area contributed by atoms with E-state index < -0.39 is 18.3 Å². The van der Waals surface area contributed by atoms with E-state index in [1.807, 2.05) is 13.8 Å². The van der Waals surface area contributed by atoms with Gasteiger partial charge >= 0.3 is 6.18 Å². The predicted molar refractivity (Wildman–Crippen MR) is 54.6 cm³/mol. The quantitative estimate of drug-likeness (QED) is 0.797. The molecule has 0 spiro atoms. The highest BCUT2D eigenvalue weighted by atomic mass is 19.4. The largest absolute Gasteiger partial charge is 0.401 e. The van der Waals surface area contributed by atoms with Gasteiger partial charge in [0.1, 0.15) is 5.54 Å². The molecule has 1 saturated carbocycles. The van der Waals surface area contributed by atoms with Gasteiger partial charge in [-0.1, -0.05) is 26.7 Å². The van der Waals surface area contributed by atoms with Gasteiger partial charge in [-0.15, -0.1) is 0 Å². The zero-order chi connectivity index (χ0) is 12.4.